The molecule has 16 heteroatoms. The lowest BCUT2D eigenvalue weighted by atomic mass is 9.87. The van der Waals surface area contributed by atoms with Gasteiger partial charge in [0.15, 0.2) is 23.3 Å². The number of carbonyl (C=O) groups is 4. The summed E-state index contributed by atoms with van der Waals surface area (Å²) >= 11 is 0. The Balaban J connectivity index is 0.000000135. The zero-order chi connectivity index (χ0) is 75.0. The van der Waals surface area contributed by atoms with Gasteiger partial charge in [0, 0.05) is 73.6 Å². The lowest BCUT2D eigenvalue weighted by Gasteiger charge is -2.21. The van der Waals surface area contributed by atoms with Crippen LogP contribution in [0.5, 0.6) is 0 Å². The highest BCUT2D eigenvalue weighted by Gasteiger charge is 2.26. The van der Waals surface area contributed by atoms with E-state index < -0.39 is 0 Å². The first-order valence-electron chi connectivity index (χ1n) is 37.9. The summed E-state index contributed by atoms with van der Waals surface area (Å²) in [6.07, 6.45) is 17.5. The summed E-state index contributed by atoms with van der Waals surface area (Å²) in [5, 5.41) is 11.9. The Morgan fingerprint density at radius 1 is 0.398 bits per heavy atom. The van der Waals surface area contributed by atoms with Crippen LogP contribution in [0.2, 0.25) is 0 Å². The van der Waals surface area contributed by atoms with Crippen LogP contribution in [0.25, 0.3) is 45.0 Å². The molecular weight excluding hydrogens is 1340 g/mol. The van der Waals surface area contributed by atoms with Crippen molar-refractivity contribution in [3.05, 3.63) is 310 Å². The Bertz CT molecular complexity index is 4980. The molecule has 0 aliphatic heterocycles. The van der Waals surface area contributed by atoms with Gasteiger partial charge in [0.25, 0.3) is 0 Å². The SMILES string of the molecule is CC(=O)Nc1ncc(-c2ccccc2)nc1Cc1ccccc1.CC(C)CC(=O)Nc1nc2c(nc1Cc1ccccc1)-c1ccccc1CC2.CCC(C)C(=O)Nc1nc2c(nc1Cc1ccccc1)-c1ccccc1CC2.O=C(CC1CCCCC1)Nc1ncc(-c2ccccc2)nc1Cc1ccccc1. The molecule has 4 aromatic heterocycles. The van der Waals surface area contributed by atoms with Gasteiger partial charge < -0.3 is 21.3 Å². The number of nitrogens with zero attached hydrogens (tertiary/aromatic N) is 8. The van der Waals surface area contributed by atoms with Gasteiger partial charge in [-0.2, -0.15) is 0 Å². The van der Waals surface area contributed by atoms with E-state index in [2.05, 4.69) is 104 Å². The average molecular weight is 1430 g/mol. The second-order valence-electron chi connectivity index (χ2n) is 28.3. The Hall–Kier alpha value is -12.0. The van der Waals surface area contributed by atoms with Gasteiger partial charge >= 0.3 is 0 Å². The third kappa shape index (κ3) is 21.1. The normalized spacial score (nSPS) is 12.8. The number of rotatable bonds is 20. The molecule has 4 heterocycles. The third-order valence-electron chi connectivity index (χ3n) is 19.5. The minimum Gasteiger partial charge on any atom is -0.309 e. The van der Waals surface area contributed by atoms with Gasteiger partial charge in [0.1, 0.15) is 0 Å². The van der Waals surface area contributed by atoms with Crippen LogP contribution in [0.4, 0.5) is 23.3 Å². The largest absolute Gasteiger partial charge is 0.309 e. The van der Waals surface area contributed by atoms with Crippen molar-refractivity contribution in [3.8, 4) is 45.0 Å². The molecule has 3 aliphatic carbocycles. The lowest BCUT2D eigenvalue weighted by Crippen LogP contribution is -2.23. The van der Waals surface area contributed by atoms with E-state index in [9.17, 15) is 19.2 Å². The van der Waals surface area contributed by atoms with E-state index in [0.717, 1.165) is 146 Å². The fourth-order valence-electron chi connectivity index (χ4n) is 13.6. The summed E-state index contributed by atoms with van der Waals surface area (Å²) in [6.45, 7) is 9.51. The van der Waals surface area contributed by atoms with E-state index in [1.54, 1.807) is 12.4 Å². The van der Waals surface area contributed by atoms with Crippen LogP contribution in [0, 0.1) is 17.8 Å². The summed E-state index contributed by atoms with van der Waals surface area (Å²) in [4.78, 5) is 87.3. The highest BCUT2D eigenvalue weighted by atomic mass is 16.2. The van der Waals surface area contributed by atoms with Crippen LogP contribution in [0.3, 0.4) is 0 Å². The molecule has 0 spiro atoms. The number of aryl methyl sites for hydroxylation is 4. The van der Waals surface area contributed by atoms with Gasteiger partial charge in [-0.1, -0.05) is 277 Å². The third-order valence-corrected chi connectivity index (χ3v) is 19.5. The molecule has 1 saturated carbocycles. The maximum absolute atomic E-state index is 12.7. The topological polar surface area (TPSA) is 220 Å². The average Bonchev–Trinajstić information content (AvgIpc) is 0.778. The second-order valence-corrected chi connectivity index (χ2v) is 28.3. The van der Waals surface area contributed by atoms with E-state index in [1.165, 1.54) is 37.3 Å². The van der Waals surface area contributed by atoms with E-state index in [-0.39, 0.29) is 29.5 Å². The van der Waals surface area contributed by atoms with Crippen molar-refractivity contribution < 1.29 is 19.2 Å². The molecule has 0 radical (unpaired) electrons. The number of fused-ring (bicyclic) bond motifs is 6. The van der Waals surface area contributed by atoms with Gasteiger partial charge in [0.05, 0.1) is 69.3 Å². The highest BCUT2D eigenvalue weighted by molar-refractivity contribution is 5.93. The van der Waals surface area contributed by atoms with Crippen LogP contribution in [0.15, 0.2) is 243 Å². The standard InChI is InChI=1S/C25H27N3O.2C24H25N3O.C19H17N3O/c29-24(17-20-12-6-2-7-13-20)28-25-22(16-19-10-4-1-5-11-19)27-23(18-26-25)21-14-8-3-9-15-21;1-16(2)14-22(28)27-24-21(15-17-8-4-3-5-9-17)25-23-19-11-7-6-10-18(19)12-13-20(23)26-24;1-3-16(2)24(28)27-23-21(15-17-9-5-4-6-10-17)25-22-19-12-8-7-11-18(19)13-14-20(22)26-23;1-14(23)21-19-17(12-15-8-4-2-5-9-15)22-18(13-20-19)16-10-6-3-7-11-16/h1,3-5,8-11,14-15,18,20H,2,6-7,12-13,16-17H2,(H,26,28,29);3-11,16H,12-15H2,1-2H3,(H,26,27,28);4-12,16H,3,13-15H2,1-2H3,(H,26,27,28);2-11,13H,12H2,1H3,(H,20,21,23). The van der Waals surface area contributed by atoms with Gasteiger partial charge in [-0.25, -0.2) is 39.9 Å². The molecule has 12 aromatic rings. The molecule has 108 heavy (non-hydrogen) atoms. The Labute approximate surface area is 634 Å². The van der Waals surface area contributed by atoms with E-state index >= 15 is 0 Å². The van der Waals surface area contributed by atoms with Crippen molar-refractivity contribution >= 4 is 46.9 Å². The van der Waals surface area contributed by atoms with Crippen LogP contribution >= 0.6 is 0 Å². The Kier molecular flexibility index (Phi) is 26.5. The zero-order valence-electron chi connectivity index (χ0n) is 62.4. The van der Waals surface area contributed by atoms with Crippen LogP contribution in [-0.2, 0) is 70.5 Å². The summed E-state index contributed by atoms with van der Waals surface area (Å²) in [7, 11) is 0. The fourth-order valence-corrected chi connectivity index (χ4v) is 13.6. The number of amides is 4. The predicted molar refractivity (Wildman–Crippen MR) is 432 cm³/mol. The second kappa shape index (κ2) is 37.8. The van der Waals surface area contributed by atoms with Crippen molar-refractivity contribution in [1.82, 2.24) is 39.9 Å². The minimum atomic E-state index is -0.152. The smallest absolute Gasteiger partial charge is 0.228 e. The molecule has 15 rings (SSSR count). The van der Waals surface area contributed by atoms with Gasteiger partial charge in [0.2, 0.25) is 23.6 Å². The first-order valence-corrected chi connectivity index (χ1v) is 37.9. The summed E-state index contributed by atoms with van der Waals surface area (Å²) < 4.78 is 0. The number of aromatic nitrogens is 8. The molecule has 3 aliphatic rings. The van der Waals surface area contributed by atoms with Crippen LogP contribution in [0.1, 0.15) is 154 Å². The summed E-state index contributed by atoms with van der Waals surface area (Å²) in [5.74, 6) is 2.94. The Morgan fingerprint density at radius 2 is 0.769 bits per heavy atom. The molecule has 8 aromatic carbocycles. The zero-order valence-corrected chi connectivity index (χ0v) is 62.4. The molecule has 546 valence electrons. The van der Waals surface area contributed by atoms with Gasteiger partial charge in [-0.05, 0) is 90.2 Å². The number of hydrogen-bond donors (Lipinski definition) is 4. The quantitative estimate of drug-likeness (QED) is 0.0560. The van der Waals surface area contributed by atoms with E-state index in [4.69, 9.17) is 29.9 Å². The number of hydrogen-bond acceptors (Lipinski definition) is 12. The first kappa shape index (κ1) is 75.6. The van der Waals surface area contributed by atoms with Gasteiger partial charge in [-0.15, -0.1) is 0 Å². The fraction of sp³-hybridized carbons (Fsp3) is 0.261. The number of nitrogens with one attached hydrogen (secondary N) is 4. The molecule has 4 N–H and O–H groups in total. The van der Waals surface area contributed by atoms with E-state index in [1.807, 2.05) is 185 Å². The van der Waals surface area contributed by atoms with Crippen LogP contribution < -0.4 is 21.3 Å². The molecule has 1 fully saturated rings. The molecule has 0 bridgehead atoms. The molecule has 4 amide bonds. The molecular formula is C92H94N12O4. The van der Waals surface area contributed by atoms with Crippen LogP contribution in [-0.4, -0.2) is 63.5 Å². The monoisotopic (exact) mass is 1430 g/mol. The number of carbonyl (C=O) groups excluding carboxylic acids is 4. The van der Waals surface area contributed by atoms with Gasteiger partial charge in [-0.3, -0.25) is 19.2 Å². The maximum Gasteiger partial charge on any atom is 0.228 e. The van der Waals surface area contributed by atoms with Crippen molar-refractivity contribution in [3.63, 3.8) is 0 Å². The predicted octanol–water partition coefficient (Wildman–Crippen LogP) is 19.0. The van der Waals surface area contributed by atoms with Crippen molar-refractivity contribution in [2.24, 2.45) is 17.8 Å². The minimum absolute atomic E-state index is 0.00210. The lowest BCUT2D eigenvalue weighted by molar-refractivity contribution is -0.119. The number of anilines is 4. The number of benzene rings is 8. The summed E-state index contributed by atoms with van der Waals surface area (Å²) in [5.41, 5.74) is 20.2. The molecule has 1 unspecified atom stereocenters. The molecule has 16 nitrogen and oxygen atoms in total. The molecule has 1 atom stereocenters. The Morgan fingerprint density at radius 3 is 1.18 bits per heavy atom. The maximum atomic E-state index is 12.7. The van der Waals surface area contributed by atoms with Crippen molar-refractivity contribution in [2.45, 2.75) is 137 Å². The molecule has 0 saturated heterocycles. The first-order chi connectivity index (χ1) is 52.7. The van der Waals surface area contributed by atoms with E-state index in [0.29, 0.717) is 73.6 Å². The summed E-state index contributed by atoms with van der Waals surface area (Å²) in [6, 6.07) is 77.3. The van der Waals surface area contributed by atoms with Crippen molar-refractivity contribution in [2.75, 3.05) is 21.3 Å². The highest BCUT2D eigenvalue weighted by Crippen LogP contribution is 2.36. The van der Waals surface area contributed by atoms with Crippen molar-refractivity contribution in [1.29, 1.82) is 0 Å².